The number of aryl methyl sites for hydroxylation is 1. The highest BCUT2D eigenvalue weighted by molar-refractivity contribution is 5.77. The summed E-state index contributed by atoms with van der Waals surface area (Å²) < 4.78 is 0. The molecular formula is C15H17N3O. The van der Waals surface area contributed by atoms with Crippen LogP contribution < -0.4 is 4.90 Å². The Bertz CT molecular complexity index is 611. The van der Waals surface area contributed by atoms with Gasteiger partial charge in [0.2, 0.25) is 0 Å². The highest BCUT2D eigenvalue weighted by atomic mass is 16.1. The maximum Gasteiger partial charge on any atom is 0.151 e. The maximum atomic E-state index is 11.2. The summed E-state index contributed by atoms with van der Waals surface area (Å²) in [6.07, 6.45) is 4.17. The van der Waals surface area contributed by atoms with E-state index in [0.29, 0.717) is 0 Å². The van der Waals surface area contributed by atoms with Gasteiger partial charge in [-0.15, -0.1) is 0 Å². The third-order valence-electron chi connectivity index (χ3n) is 3.70. The molecule has 0 saturated carbocycles. The van der Waals surface area contributed by atoms with Crippen LogP contribution in [-0.2, 0) is 4.79 Å². The van der Waals surface area contributed by atoms with Gasteiger partial charge in [0.25, 0.3) is 0 Å². The molecule has 2 heterocycles. The molecule has 1 saturated heterocycles. The lowest BCUT2D eigenvalue weighted by molar-refractivity contribution is -0.109. The zero-order valence-corrected chi connectivity index (χ0v) is 11.0. The number of aromatic nitrogens is 2. The molecule has 0 aliphatic carbocycles. The lowest BCUT2D eigenvalue weighted by atomic mass is 10.0. The third-order valence-corrected chi connectivity index (χ3v) is 3.70. The van der Waals surface area contributed by atoms with E-state index >= 15 is 0 Å². The molecule has 1 aliphatic heterocycles. The van der Waals surface area contributed by atoms with Crippen LogP contribution in [0.2, 0.25) is 0 Å². The van der Waals surface area contributed by atoms with Crippen molar-refractivity contribution >= 4 is 23.1 Å². The van der Waals surface area contributed by atoms with Gasteiger partial charge in [0.05, 0.1) is 22.8 Å². The van der Waals surface area contributed by atoms with Crippen LogP contribution in [0.15, 0.2) is 24.3 Å². The monoisotopic (exact) mass is 255 g/mol. The van der Waals surface area contributed by atoms with Gasteiger partial charge in [-0.25, -0.2) is 9.97 Å². The number of carbonyl (C=O) groups is 1. The minimum atomic E-state index is -0.0529. The summed E-state index contributed by atoms with van der Waals surface area (Å²) in [6.45, 7) is 2.85. The zero-order chi connectivity index (χ0) is 13.2. The number of benzene rings is 1. The van der Waals surface area contributed by atoms with E-state index in [0.717, 1.165) is 54.6 Å². The molecule has 0 bridgehead atoms. The van der Waals surface area contributed by atoms with Gasteiger partial charge in [0, 0.05) is 6.54 Å². The van der Waals surface area contributed by atoms with E-state index in [2.05, 4.69) is 9.88 Å². The predicted octanol–water partition coefficient (Wildman–Crippen LogP) is 2.50. The van der Waals surface area contributed by atoms with Crippen molar-refractivity contribution in [1.82, 2.24) is 9.97 Å². The van der Waals surface area contributed by atoms with Crippen LogP contribution in [0.5, 0.6) is 0 Å². The molecule has 4 nitrogen and oxygen atoms in total. The smallest absolute Gasteiger partial charge is 0.151 e. The van der Waals surface area contributed by atoms with Crippen LogP contribution in [0.25, 0.3) is 11.0 Å². The fourth-order valence-corrected chi connectivity index (χ4v) is 2.71. The molecule has 19 heavy (non-hydrogen) atoms. The van der Waals surface area contributed by atoms with E-state index in [-0.39, 0.29) is 6.04 Å². The minimum Gasteiger partial charge on any atom is -0.345 e. The SMILES string of the molecule is Cc1nc2ccccc2nc1N1CCCCC1C=O. The summed E-state index contributed by atoms with van der Waals surface area (Å²) in [5.41, 5.74) is 2.69. The molecule has 98 valence electrons. The summed E-state index contributed by atoms with van der Waals surface area (Å²) in [6, 6.07) is 7.80. The van der Waals surface area contributed by atoms with Crippen LogP contribution in [-0.4, -0.2) is 28.8 Å². The van der Waals surface area contributed by atoms with Crippen molar-refractivity contribution in [2.24, 2.45) is 0 Å². The van der Waals surface area contributed by atoms with E-state index in [1.807, 2.05) is 31.2 Å². The van der Waals surface area contributed by atoms with Gasteiger partial charge < -0.3 is 9.69 Å². The summed E-state index contributed by atoms with van der Waals surface area (Å²) in [4.78, 5) is 22.6. The molecule has 2 aromatic rings. The molecule has 1 atom stereocenters. The molecule has 0 radical (unpaired) electrons. The van der Waals surface area contributed by atoms with E-state index in [1.165, 1.54) is 0 Å². The summed E-state index contributed by atoms with van der Waals surface area (Å²) in [5.74, 6) is 0.857. The second-order valence-electron chi connectivity index (χ2n) is 5.01. The van der Waals surface area contributed by atoms with Gasteiger partial charge in [0.15, 0.2) is 5.82 Å². The van der Waals surface area contributed by atoms with Gasteiger partial charge in [-0.1, -0.05) is 12.1 Å². The van der Waals surface area contributed by atoms with Crippen molar-refractivity contribution < 1.29 is 4.79 Å². The van der Waals surface area contributed by atoms with Crippen LogP contribution in [0.3, 0.4) is 0 Å². The standard InChI is InChI=1S/C15H17N3O/c1-11-15(18-9-5-4-6-12(18)10-19)17-14-8-3-2-7-13(14)16-11/h2-3,7-8,10,12H,4-6,9H2,1H3. The number of nitrogens with zero attached hydrogens (tertiary/aromatic N) is 3. The Morgan fingerprint density at radius 3 is 2.68 bits per heavy atom. The zero-order valence-electron chi connectivity index (χ0n) is 11.0. The van der Waals surface area contributed by atoms with Gasteiger partial charge in [-0.05, 0) is 38.3 Å². The number of carbonyl (C=O) groups excluding carboxylic acids is 1. The number of rotatable bonds is 2. The molecule has 1 aromatic carbocycles. The molecule has 1 aliphatic rings. The third kappa shape index (κ3) is 2.18. The van der Waals surface area contributed by atoms with Gasteiger partial charge in [0.1, 0.15) is 6.29 Å². The number of aldehydes is 1. The van der Waals surface area contributed by atoms with Crippen LogP contribution in [0.4, 0.5) is 5.82 Å². The van der Waals surface area contributed by atoms with E-state index in [1.54, 1.807) is 0 Å². The number of para-hydroxylation sites is 2. The molecule has 4 heteroatoms. The normalized spacial score (nSPS) is 19.6. The Balaban J connectivity index is 2.07. The second-order valence-corrected chi connectivity index (χ2v) is 5.01. The van der Waals surface area contributed by atoms with Gasteiger partial charge in [-0.3, -0.25) is 0 Å². The molecule has 3 rings (SSSR count). The molecule has 0 spiro atoms. The van der Waals surface area contributed by atoms with Crippen LogP contribution in [0.1, 0.15) is 25.0 Å². The number of anilines is 1. The molecule has 0 amide bonds. The van der Waals surface area contributed by atoms with Crippen molar-refractivity contribution in [1.29, 1.82) is 0 Å². The number of hydrogen-bond acceptors (Lipinski definition) is 4. The van der Waals surface area contributed by atoms with E-state index < -0.39 is 0 Å². The first-order valence-electron chi connectivity index (χ1n) is 6.75. The fraction of sp³-hybridized carbons (Fsp3) is 0.400. The van der Waals surface area contributed by atoms with Crippen molar-refractivity contribution in [2.75, 3.05) is 11.4 Å². The largest absolute Gasteiger partial charge is 0.345 e. The summed E-state index contributed by atoms with van der Waals surface area (Å²) >= 11 is 0. The Labute approximate surface area is 112 Å². The first-order valence-corrected chi connectivity index (χ1v) is 6.75. The van der Waals surface area contributed by atoms with E-state index in [4.69, 9.17) is 4.98 Å². The van der Waals surface area contributed by atoms with Crippen molar-refractivity contribution in [3.8, 4) is 0 Å². The molecular weight excluding hydrogens is 238 g/mol. The first kappa shape index (κ1) is 12.1. The summed E-state index contributed by atoms with van der Waals surface area (Å²) in [5, 5.41) is 0. The van der Waals surface area contributed by atoms with Crippen LogP contribution >= 0.6 is 0 Å². The Kier molecular flexibility index (Phi) is 3.15. The topological polar surface area (TPSA) is 46.1 Å². The molecule has 1 aromatic heterocycles. The van der Waals surface area contributed by atoms with Crippen molar-refractivity contribution in [2.45, 2.75) is 32.2 Å². The van der Waals surface area contributed by atoms with E-state index in [9.17, 15) is 4.79 Å². The van der Waals surface area contributed by atoms with Gasteiger partial charge in [-0.2, -0.15) is 0 Å². The predicted molar refractivity (Wildman–Crippen MR) is 75.3 cm³/mol. The molecule has 1 fully saturated rings. The Morgan fingerprint density at radius 2 is 1.95 bits per heavy atom. The lowest BCUT2D eigenvalue weighted by Gasteiger charge is -2.34. The Hall–Kier alpha value is -1.97. The Morgan fingerprint density at radius 1 is 1.21 bits per heavy atom. The number of fused-ring (bicyclic) bond motifs is 1. The molecule has 0 N–H and O–H groups in total. The van der Waals surface area contributed by atoms with Crippen molar-refractivity contribution in [3.05, 3.63) is 30.0 Å². The number of piperidine rings is 1. The molecule has 1 unspecified atom stereocenters. The average molecular weight is 255 g/mol. The quantitative estimate of drug-likeness (QED) is 0.773. The average Bonchev–Trinajstić information content (AvgIpc) is 2.46. The second kappa shape index (κ2) is 4.96. The fourth-order valence-electron chi connectivity index (χ4n) is 2.71. The maximum absolute atomic E-state index is 11.2. The highest BCUT2D eigenvalue weighted by Gasteiger charge is 2.24. The highest BCUT2D eigenvalue weighted by Crippen LogP contribution is 2.26. The van der Waals surface area contributed by atoms with Gasteiger partial charge >= 0.3 is 0 Å². The summed E-state index contributed by atoms with van der Waals surface area (Å²) in [7, 11) is 0. The van der Waals surface area contributed by atoms with Crippen molar-refractivity contribution in [3.63, 3.8) is 0 Å². The minimum absolute atomic E-state index is 0.0529. The van der Waals surface area contributed by atoms with Crippen LogP contribution in [0, 0.1) is 6.92 Å². The lowest BCUT2D eigenvalue weighted by Crippen LogP contribution is -2.41. The number of hydrogen-bond donors (Lipinski definition) is 0. The first-order chi connectivity index (χ1) is 9.29.